The van der Waals surface area contributed by atoms with Gasteiger partial charge in [-0.1, -0.05) is 30.3 Å². The second kappa shape index (κ2) is 8.26. The van der Waals surface area contributed by atoms with Gasteiger partial charge in [0.1, 0.15) is 0 Å². The van der Waals surface area contributed by atoms with Crippen molar-refractivity contribution in [2.75, 3.05) is 5.43 Å². The van der Waals surface area contributed by atoms with Crippen molar-refractivity contribution in [1.82, 2.24) is 14.2 Å². The van der Waals surface area contributed by atoms with Gasteiger partial charge in [0.15, 0.2) is 6.29 Å². The van der Waals surface area contributed by atoms with Gasteiger partial charge in [0, 0.05) is 18.0 Å². The molecule has 0 aliphatic carbocycles. The summed E-state index contributed by atoms with van der Waals surface area (Å²) in [5.41, 5.74) is -1.29. The number of aromatic nitrogens is 3. The van der Waals surface area contributed by atoms with Crippen LogP contribution in [-0.2, 0) is 17.4 Å². The van der Waals surface area contributed by atoms with Crippen molar-refractivity contribution < 1.29 is 22.8 Å². The highest BCUT2D eigenvalue weighted by Gasteiger charge is 2.35. The average molecular weight is 456 g/mol. The Morgan fingerprint density at radius 3 is 2.45 bits per heavy atom. The van der Waals surface area contributed by atoms with Crippen molar-refractivity contribution in [1.29, 1.82) is 0 Å². The van der Waals surface area contributed by atoms with Crippen LogP contribution in [0.4, 0.5) is 13.2 Å². The Balaban J connectivity index is 1.89. The molecule has 4 rings (SSSR count). The Labute approximate surface area is 182 Å². The van der Waals surface area contributed by atoms with Crippen molar-refractivity contribution in [3.63, 3.8) is 0 Å². The molecule has 0 bridgehead atoms. The molecular formula is C22H15F3N4O4. The fourth-order valence-electron chi connectivity index (χ4n) is 3.38. The minimum Gasteiger partial charge on any atom is -0.322 e. The lowest BCUT2D eigenvalue weighted by Crippen LogP contribution is -2.43. The number of amides is 1. The standard InChI is InChI=1S/C22H15F3N4O4/c23-22(24,25)15-9-16-18(10-17(15)28-7-6-14(11-28)12-30)29(21(33)20(32)26-16)27-19(31)8-13-4-2-1-3-5-13/h1-7,9-12H,8H2,(H,26,32)(H,27,31). The molecule has 2 heterocycles. The van der Waals surface area contributed by atoms with Gasteiger partial charge in [0.05, 0.1) is 28.7 Å². The number of carbonyl (C=O) groups is 2. The van der Waals surface area contributed by atoms with Crippen LogP contribution in [0.1, 0.15) is 21.5 Å². The fourth-order valence-corrected chi connectivity index (χ4v) is 3.38. The third-order valence-corrected chi connectivity index (χ3v) is 4.88. The number of benzene rings is 2. The number of nitrogens with zero attached hydrogens (tertiary/aromatic N) is 2. The third kappa shape index (κ3) is 4.33. The first-order valence-corrected chi connectivity index (χ1v) is 9.55. The number of aromatic amines is 1. The van der Waals surface area contributed by atoms with E-state index in [0.29, 0.717) is 22.6 Å². The maximum atomic E-state index is 13.8. The summed E-state index contributed by atoms with van der Waals surface area (Å²) < 4.78 is 43.0. The molecule has 0 saturated heterocycles. The molecule has 0 atom stereocenters. The summed E-state index contributed by atoms with van der Waals surface area (Å²) in [5, 5.41) is 0. The Hall–Kier alpha value is -4.41. The zero-order chi connectivity index (χ0) is 23.8. The second-order valence-corrected chi connectivity index (χ2v) is 7.15. The number of H-pyrrole nitrogens is 1. The monoisotopic (exact) mass is 456 g/mol. The smallest absolute Gasteiger partial charge is 0.322 e. The van der Waals surface area contributed by atoms with Crippen molar-refractivity contribution in [2.45, 2.75) is 12.6 Å². The van der Waals surface area contributed by atoms with Gasteiger partial charge in [-0.2, -0.15) is 13.2 Å². The van der Waals surface area contributed by atoms with Crippen LogP contribution in [0.25, 0.3) is 16.7 Å². The summed E-state index contributed by atoms with van der Waals surface area (Å²) in [7, 11) is 0. The van der Waals surface area contributed by atoms with Gasteiger partial charge in [-0.05, 0) is 23.8 Å². The van der Waals surface area contributed by atoms with Crippen molar-refractivity contribution in [3.8, 4) is 5.69 Å². The highest BCUT2D eigenvalue weighted by molar-refractivity contribution is 5.88. The molecule has 0 saturated carbocycles. The minimum absolute atomic E-state index is 0.130. The highest BCUT2D eigenvalue weighted by Crippen LogP contribution is 2.36. The van der Waals surface area contributed by atoms with Crippen LogP contribution in [0.5, 0.6) is 0 Å². The summed E-state index contributed by atoms with van der Waals surface area (Å²) in [4.78, 5) is 50.2. The summed E-state index contributed by atoms with van der Waals surface area (Å²) in [6.45, 7) is 0. The lowest BCUT2D eigenvalue weighted by Gasteiger charge is -2.17. The number of hydrogen-bond donors (Lipinski definition) is 2. The van der Waals surface area contributed by atoms with Gasteiger partial charge in [0.25, 0.3) is 0 Å². The van der Waals surface area contributed by atoms with E-state index in [1.807, 2.05) is 0 Å². The largest absolute Gasteiger partial charge is 0.418 e. The number of aldehydes is 1. The average Bonchev–Trinajstić information content (AvgIpc) is 3.25. The lowest BCUT2D eigenvalue weighted by molar-refractivity contribution is -0.137. The number of alkyl halides is 3. The van der Waals surface area contributed by atoms with Crippen LogP contribution in [0.2, 0.25) is 0 Å². The molecule has 0 unspecified atom stereocenters. The number of fused-ring (bicyclic) bond motifs is 1. The van der Waals surface area contributed by atoms with E-state index in [0.717, 1.165) is 10.6 Å². The van der Waals surface area contributed by atoms with Crippen LogP contribution in [-0.4, -0.2) is 26.4 Å². The molecule has 168 valence electrons. The molecule has 11 heteroatoms. The van der Waals surface area contributed by atoms with Gasteiger partial charge in [-0.3, -0.25) is 24.6 Å². The Morgan fingerprint density at radius 2 is 1.82 bits per heavy atom. The topological polar surface area (TPSA) is 106 Å². The molecular weight excluding hydrogens is 441 g/mol. The molecule has 0 radical (unpaired) electrons. The molecule has 4 aromatic rings. The number of hydrogen-bond acceptors (Lipinski definition) is 4. The molecule has 8 nitrogen and oxygen atoms in total. The number of rotatable bonds is 5. The molecule has 0 aliphatic heterocycles. The molecule has 2 N–H and O–H groups in total. The quantitative estimate of drug-likeness (QED) is 0.356. The van der Waals surface area contributed by atoms with Gasteiger partial charge in [-0.25, -0.2) is 4.68 Å². The normalized spacial score (nSPS) is 11.5. The molecule has 0 spiro atoms. The van der Waals surface area contributed by atoms with E-state index in [4.69, 9.17) is 0 Å². The summed E-state index contributed by atoms with van der Waals surface area (Å²) in [6, 6.07) is 11.6. The maximum Gasteiger partial charge on any atom is 0.418 e. The van der Waals surface area contributed by atoms with Crippen molar-refractivity contribution in [2.24, 2.45) is 0 Å². The van der Waals surface area contributed by atoms with Crippen LogP contribution < -0.4 is 16.5 Å². The zero-order valence-corrected chi connectivity index (χ0v) is 16.7. The van der Waals surface area contributed by atoms with Gasteiger partial charge in [-0.15, -0.1) is 0 Å². The van der Waals surface area contributed by atoms with Crippen LogP contribution >= 0.6 is 0 Å². The number of halogens is 3. The van der Waals surface area contributed by atoms with Crippen LogP contribution in [0, 0.1) is 0 Å². The van der Waals surface area contributed by atoms with E-state index in [-0.39, 0.29) is 23.0 Å². The molecule has 33 heavy (non-hydrogen) atoms. The summed E-state index contributed by atoms with van der Waals surface area (Å²) in [5.74, 6) is -0.652. The Bertz CT molecular complexity index is 1480. The third-order valence-electron chi connectivity index (χ3n) is 4.88. The minimum atomic E-state index is -4.82. The highest BCUT2D eigenvalue weighted by atomic mass is 19.4. The van der Waals surface area contributed by atoms with Gasteiger partial charge in [0.2, 0.25) is 5.91 Å². The first-order chi connectivity index (χ1) is 15.7. The number of nitrogens with one attached hydrogen (secondary N) is 2. The molecule has 0 aliphatic rings. The molecule has 0 fully saturated rings. The summed E-state index contributed by atoms with van der Waals surface area (Å²) >= 11 is 0. The second-order valence-electron chi connectivity index (χ2n) is 7.15. The van der Waals surface area contributed by atoms with E-state index in [1.165, 1.54) is 18.5 Å². The van der Waals surface area contributed by atoms with Crippen LogP contribution in [0.15, 0.2) is 70.5 Å². The Kier molecular flexibility index (Phi) is 5.46. The van der Waals surface area contributed by atoms with E-state index >= 15 is 0 Å². The molecule has 1 amide bonds. The Morgan fingerprint density at radius 1 is 1.09 bits per heavy atom. The van der Waals surface area contributed by atoms with E-state index in [2.05, 4.69) is 10.4 Å². The maximum absolute atomic E-state index is 13.8. The molecule has 2 aromatic carbocycles. The lowest BCUT2D eigenvalue weighted by atomic mass is 10.1. The van der Waals surface area contributed by atoms with Gasteiger partial charge >= 0.3 is 17.3 Å². The predicted octanol–water partition coefficient (Wildman–Crippen LogP) is 2.62. The SMILES string of the molecule is O=Cc1ccn(-c2cc3c(cc2C(F)(F)F)[nH]c(=O)c(=O)n3NC(=O)Cc2ccccc2)c1. The number of carbonyl (C=O) groups excluding carboxylic acids is 2. The predicted molar refractivity (Wildman–Crippen MR) is 113 cm³/mol. The zero-order valence-electron chi connectivity index (χ0n) is 16.7. The fraction of sp³-hybridized carbons (Fsp3) is 0.0909. The molecule has 2 aromatic heterocycles. The van der Waals surface area contributed by atoms with Crippen LogP contribution in [0.3, 0.4) is 0 Å². The first-order valence-electron chi connectivity index (χ1n) is 9.55. The van der Waals surface area contributed by atoms with E-state index in [1.54, 1.807) is 30.3 Å². The van der Waals surface area contributed by atoms with Gasteiger partial charge < -0.3 is 9.55 Å². The van der Waals surface area contributed by atoms with E-state index < -0.39 is 34.5 Å². The van der Waals surface area contributed by atoms with Crippen molar-refractivity contribution in [3.05, 3.63) is 98.3 Å². The summed E-state index contributed by atoms with van der Waals surface area (Å²) in [6.07, 6.45) is -2.03. The van der Waals surface area contributed by atoms with E-state index in [9.17, 15) is 32.3 Å². The first kappa shape index (κ1) is 21.8. The van der Waals surface area contributed by atoms with Crippen molar-refractivity contribution >= 4 is 23.2 Å².